The van der Waals surface area contributed by atoms with E-state index in [-0.39, 0.29) is 29.5 Å². The van der Waals surface area contributed by atoms with E-state index in [9.17, 15) is 0 Å². The fourth-order valence-corrected chi connectivity index (χ4v) is 5.20. The summed E-state index contributed by atoms with van der Waals surface area (Å²) >= 11 is 0. The second kappa shape index (κ2) is 6.76. The van der Waals surface area contributed by atoms with Crippen LogP contribution in [0.5, 0.6) is 0 Å². The van der Waals surface area contributed by atoms with Gasteiger partial charge in [-0.05, 0) is 99.3 Å². The molecule has 0 saturated carbocycles. The summed E-state index contributed by atoms with van der Waals surface area (Å²) in [5.41, 5.74) is 5.61. The molecule has 3 aliphatic rings. The van der Waals surface area contributed by atoms with Crippen molar-refractivity contribution in [2.45, 2.75) is 77.8 Å². The van der Waals surface area contributed by atoms with Crippen molar-refractivity contribution in [3.05, 3.63) is 48.5 Å². The predicted octanol–water partition coefficient (Wildman–Crippen LogP) is 5.09. The SMILES string of the molecule is CC1(C)OB(c2ccc3c(c2)-c2cccc4c(B5OC(C)(C)C(C)(C)O5)ccc-3c24)OC1(C)C. The molecule has 6 rings (SSSR count). The topological polar surface area (TPSA) is 36.9 Å². The van der Waals surface area contributed by atoms with Gasteiger partial charge in [0, 0.05) is 0 Å². The molecule has 2 aliphatic heterocycles. The molecule has 4 nitrogen and oxygen atoms in total. The first-order valence-corrected chi connectivity index (χ1v) is 12.2. The van der Waals surface area contributed by atoms with E-state index in [1.165, 1.54) is 33.0 Å². The Morgan fingerprint density at radius 1 is 0.529 bits per heavy atom. The fourth-order valence-electron chi connectivity index (χ4n) is 5.20. The average molecular weight is 454 g/mol. The van der Waals surface area contributed by atoms with Crippen molar-refractivity contribution in [1.82, 2.24) is 0 Å². The van der Waals surface area contributed by atoms with Gasteiger partial charge in [-0.15, -0.1) is 0 Å². The number of fused-ring (bicyclic) bond motifs is 3. The number of hydrogen-bond acceptors (Lipinski definition) is 4. The summed E-state index contributed by atoms with van der Waals surface area (Å²) in [5.74, 6) is 0. The van der Waals surface area contributed by atoms with Crippen LogP contribution in [0.3, 0.4) is 0 Å². The van der Waals surface area contributed by atoms with Gasteiger partial charge in [-0.3, -0.25) is 0 Å². The molecule has 2 fully saturated rings. The van der Waals surface area contributed by atoms with Gasteiger partial charge in [-0.1, -0.05) is 48.5 Å². The van der Waals surface area contributed by atoms with Crippen LogP contribution in [0, 0.1) is 0 Å². The van der Waals surface area contributed by atoms with Crippen molar-refractivity contribution in [3.63, 3.8) is 0 Å². The van der Waals surface area contributed by atoms with Gasteiger partial charge in [0.25, 0.3) is 0 Å². The molecule has 34 heavy (non-hydrogen) atoms. The van der Waals surface area contributed by atoms with Crippen molar-refractivity contribution in [3.8, 4) is 22.3 Å². The van der Waals surface area contributed by atoms with Crippen LogP contribution in [0.4, 0.5) is 0 Å². The van der Waals surface area contributed by atoms with Gasteiger partial charge in [0.1, 0.15) is 0 Å². The number of hydrogen-bond donors (Lipinski definition) is 0. The predicted molar refractivity (Wildman–Crippen MR) is 140 cm³/mol. The van der Waals surface area contributed by atoms with E-state index in [0.29, 0.717) is 0 Å². The molecule has 0 atom stereocenters. The number of rotatable bonds is 2. The summed E-state index contributed by atoms with van der Waals surface area (Å²) in [6.07, 6.45) is 0. The summed E-state index contributed by atoms with van der Waals surface area (Å²) in [4.78, 5) is 0. The second-order valence-corrected chi connectivity index (χ2v) is 11.9. The van der Waals surface area contributed by atoms with Gasteiger partial charge >= 0.3 is 14.2 Å². The first-order chi connectivity index (χ1) is 15.8. The maximum Gasteiger partial charge on any atom is 0.495 e. The molecule has 0 amide bonds. The van der Waals surface area contributed by atoms with E-state index in [4.69, 9.17) is 18.6 Å². The van der Waals surface area contributed by atoms with Crippen molar-refractivity contribution in [1.29, 1.82) is 0 Å². The third-order valence-corrected chi connectivity index (χ3v) is 8.73. The fraction of sp³-hybridized carbons (Fsp3) is 0.429. The minimum Gasteiger partial charge on any atom is -0.399 e. The van der Waals surface area contributed by atoms with Crippen LogP contribution in [-0.4, -0.2) is 36.6 Å². The van der Waals surface area contributed by atoms with Crippen LogP contribution >= 0.6 is 0 Å². The Labute approximate surface area is 203 Å². The molecule has 174 valence electrons. The molecular weight excluding hydrogens is 422 g/mol. The van der Waals surface area contributed by atoms with Crippen LogP contribution in [0.25, 0.3) is 33.0 Å². The quantitative estimate of drug-likeness (QED) is 0.396. The Morgan fingerprint density at radius 2 is 1.06 bits per heavy atom. The normalized spacial score (nSPS) is 23.1. The number of benzene rings is 3. The third kappa shape index (κ3) is 2.95. The Balaban J connectivity index is 1.44. The average Bonchev–Trinajstić information content (AvgIpc) is 3.27. The monoisotopic (exact) mass is 454 g/mol. The summed E-state index contributed by atoms with van der Waals surface area (Å²) in [5, 5.41) is 2.44. The van der Waals surface area contributed by atoms with Crippen molar-refractivity contribution in [2.24, 2.45) is 0 Å². The van der Waals surface area contributed by atoms with Crippen molar-refractivity contribution >= 4 is 35.9 Å². The van der Waals surface area contributed by atoms with Crippen LogP contribution in [0.2, 0.25) is 0 Å². The van der Waals surface area contributed by atoms with Crippen molar-refractivity contribution in [2.75, 3.05) is 0 Å². The molecule has 0 radical (unpaired) electrons. The lowest BCUT2D eigenvalue weighted by atomic mass is 9.75. The first-order valence-electron chi connectivity index (χ1n) is 12.2. The van der Waals surface area contributed by atoms with E-state index in [2.05, 4.69) is 104 Å². The molecule has 3 aromatic rings. The minimum atomic E-state index is -0.390. The summed E-state index contributed by atoms with van der Waals surface area (Å²) in [7, 11) is -0.767. The van der Waals surface area contributed by atoms with Gasteiger partial charge in [0.2, 0.25) is 0 Å². The summed E-state index contributed by atoms with van der Waals surface area (Å²) < 4.78 is 25.5. The summed E-state index contributed by atoms with van der Waals surface area (Å²) in [6, 6.07) is 17.5. The van der Waals surface area contributed by atoms with E-state index in [0.717, 1.165) is 10.9 Å². The zero-order valence-electron chi connectivity index (χ0n) is 21.4. The van der Waals surface area contributed by atoms with Gasteiger partial charge < -0.3 is 18.6 Å². The Kier molecular flexibility index (Phi) is 4.45. The maximum absolute atomic E-state index is 6.41. The molecule has 0 aromatic heterocycles. The molecular formula is C28H32B2O4. The largest absolute Gasteiger partial charge is 0.495 e. The molecule has 0 bridgehead atoms. The summed E-state index contributed by atoms with van der Waals surface area (Å²) in [6.45, 7) is 16.8. The molecule has 6 heteroatoms. The van der Waals surface area contributed by atoms with E-state index in [1.807, 2.05) is 0 Å². The van der Waals surface area contributed by atoms with Crippen LogP contribution in [0.15, 0.2) is 48.5 Å². The van der Waals surface area contributed by atoms with Crippen molar-refractivity contribution < 1.29 is 18.6 Å². The highest BCUT2D eigenvalue weighted by molar-refractivity contribution is 6.65. The third-order valence-electron chi connectivity index (χ3n) is 8.73. The standard InChI is InChI=1S/C28H32B2O4/c1-25(2)26(3,4)32-29(31-25)17-12-13-18-20-14-15-23(30-33-27(5,6)28(7,8)34-30)21-11-9-10-19(24(20)21)22(18)16-17/h9-16H,1-8H3. The Bertz CT molecular complexity index is 1310. The van der Waals surface area contributed by atoms with E-state index in [1.54, 1.807) is 0 Å². The smallest absolute Gasteiger partial charge is 0.399 e. The molecule has 3 aromatic carbocycles. The van der Waals surface area contributed by atoms with Gasteiger partial charge in [0.15, 0.2) is 0 Å². The highest BCUT2D eigenvalue weighted by atomic mass is 16.7. The van der Waals surface area contributed by atoms with Crippen LogP contribution < -0.4 is 10.9 Å². The van der Waals surface area contributed by atoms with Gasteiger partial charge in [0.05, 0.1) is 22.4 Å². The molecule has 0 spiro atoms. The van der Waals surface area contributed by atoms with Crippen LogP contribution in [-0.2, 0) is 18.6 Å². The lowest BCUT2D eigenvalue weighted by Crippen LogP contribution is -2.41. The molecule has 2 saturated heterocycles. The molecule has 0 unspecified atom stereocenters. The molecule has 0 N–H and O–H groups in total. The lowest BCUT2D eigenvalue weighted by Gasteiger charge is -2.32. The zero-order valence-corrected chi connectivity index (χ0v) is 21.4. The second-order valence-electron chi connectivity index (χ2n) is 11.9. The van der Waals surface area contributed by atoms with Crippen LogP contribution in [0.1, 0.15) is 55.4 Å². The molecule has 1 aliphatic carbocycles. The minimum absolute atomic E-state index is 0.364. The Morgan fingerprint density at radius 3 is 1.68 bits per heavy atom. The maximum atomic E-state index is 6.41. The van der Waals surface area contributed by atoms with E-state index < -0.39 is 7.12 Å². The highest BCUT2D eigenvalue weighted by Gasteiger charge is 2.53. The lowest BCUT2D eigenvalue weighted by molar-refractivity contribution is 0.00578. The highest BCUT2D eigenvalue weighted by Crippen LogP contribution is 2.47. The van der Waals surface area contributed by atoms with E-state index >= 15 is 0 Å². The first kappa shape index (κ1) is 22.4. The molecule has 2 heterocycles. The van der Waals surface area contributed by atoms with Gasteiger partial charge in [-0.2, -0.15) is 0 Å². The van der Waals surface area contributed by atoms with Gasteiger partial charge in [-0.25, -0.2) is 0 Å². The zero-order chi connectivity index (χ0) is 24.3. The Hall–Kier alpha value is -2.11.